The lowest BCUT2D eigenvalue weighted by Gasteiger charge is -2.32. The van der Waals surface area contributed by atoms with Gasteiger partial charge in [-0.05, 0) is 50.5 Å². The number of carbonyl (C=O) groups excluding carboxylic acids is 1. The van der Waals surface area contributed by atoms with Gasteiger partial charge in [0, 0.05) is 53.8 Å². The fourth-order valence-corrected chi connectivity index (χ4v) is 3.93. The molecule has 0 aliphatic carbocycles. The number of nitrogens with two attached hydrogens (primary N) is 1. The van der Waals surface area contributed by atoms with Crippen LogP contribution in [0.4, 0.5) is 5.82 Å². The summed E-state index contributed by atoms with van der Waals surface area (Å²) in [6.45, 7) is 5.87. The van der Waals surface area contributed by atoms with Gasteiger partial charge in [-0.15, -0.1) is 0 Å². The third-order valence-corrected chi connectivity index (χ3v) is 5.46. The van der Waals surface area contributed by atoms with Gasteiger partial charge < -0.3 is 10.6 Å². The Balaban J connectivity index is 1.44. The summed E-state index contributed by atoms with van der Waals surface area (Å²) in [5.74, 6) is 1.87. The van der Waals surface area contributed by atoms with Gasteiger partial charge in [0.1, 0.15) is 11.6 Å². The van der Waals surface area contributed by atoms with Gasteiger partial charge in [0.2, 0.25) is 5.91 Å². The summed E-state index contributed by atoms with van der Waals surface area (Å²) in [6.07, 6.45) is 3.98. The van der Waals surface area contributed by atoms with Crippen LogP contribution in [-0.4, -0.2) is 33.9 Å². The standard InChI is InChI=1S/C23H25N5O/c1-15-12-22(27-16(2)26-15)28-10-8-17(9-11-28)21-7-6-20(14-25-21)18-4-3-5-19(13-18)23(24)29/h3-7,12-14,17H,8-11H2,1-2H3,(H2,24,29). The van der Waals surface area contributed by atoms with Crippen molar-refractivity contribution in [2.24, 2.45) is 5.73 Å². The summed E-state index contributed by atoms with van der Waals surface area (Å²) < 4.78 is 0. The third kappa shape index (κ3) is 4.26. The highest BCUT2D eigenvalue weighted by Gasteiger charge is 2.23. The van der Waals surface area contributed by atoms with E-state index in [1.165, 1.54) is 0 Å². The van der Waals surface area contributed by atoms with E-state index in [-0.39, 0.29) is 0 Å². The molecular weight excluding hydrogens is 362 g/mol. The Bertz CT molecular complexity index is 1000. The molecule has 0 saturated carbocycles. The zero-order valence-corrected chi connectivity index (χ0v) is 16.8. The fraction of sp³-hybridized carbons (Fsp3) is 0.304. The highest BCUT2D eigenvalue weighted by molar-refractivity contribution is 5.94. The van der Waals surface area contributed by atoms with Gasteiger partial charge >= 0.3 is 0 Å². The molecule has 1 aliphatic rings. The molecule has 6 nitrogen and oxygen atoms in total. The predicted octanol–water partition coefficient (Wildman–Crippen LogP) is 3.64. The van der Waals surface area contributed by atoms with Crippen LogP contribution in [0.5, 0.6) is 0 Å². The van der Waals surface area contributed by atoms with Gasteiger partial charge in [-0.1, -0.05) is 18.2 Å². The molecule has 1 fully saturated rings. The molecule has 0 bridgehead atoms. The summed E-state index contributed by atoms with van der Waals surface area (Å²) in [7, 11) is 0. The first kappa shape index (κ1) is 19.1. The largest absolute Gasteiger partial charge is 0.366 e. The molecule has 29 heavy (non-hydrogen) atoms. The molecule has 1 aromatic carbocycles. The van der Waals surface area contributed by atoms with Crippen molar-refractivity contribution in [1.29, 1.82) is 0 Å². The van der Waals surface area contributed by atoms with E-state index >= 15 is 0 Å². The third-order valence-electron chi connectivity index (χ3n) is 5.46. The number of nitrogens with zero attached hydrogens (tertiary/aromatic N) is 4. The van der Waals surface area contributed by atoms with Crippen molar-refractivity contribution in [3.63, 3.8) is 0 Å². The summed E-state index contributed by atoms with van der Waals surface area (Å²) >= 11 is 0. The molecule has 0 unspecified atom stereocenters. The van der Waals surface area contributed by atoms with Gasteiger partial charge in [-0.25, -0.2) is 9.97 Å². The van der Waals surface area contributed by atoms with Gasteiger partial charge in [0.25, 0.3) is 0 Å². The normalized spacial score (nSPS) is 14.8. The molecule has 1 amide bonds. The minimum Gasteiger partial charge on any atom is -0.366 e. The summed E-state index contributed by atoms with van der Waals surface area (Å²) in [6, 6.07) is 13.6. The second kappa shape index (κ2) is 7.99. The molecule has 148 valence electrons. The van der Waals surface area contributed by atoms with Crippen LogP contribution in [0.3, 0.4) is 0 Å². The summed E-state index contributed by atoms with van der Waals surface area (Å²) in [4.78, 5) is 27.4. The van der Waals surface area contributed by atoms with E-state index in [1.54, 1.807) is 6.07 Å². The number of benzene rings is 1. The second-order valence-electron chi connectivity index (χ2n) is 7.59. The van der Waals surface area contributed by atoms with Gasteiger partial charge in [0.15, 0.2) is 0 Å². The van der Waals surface area contributed by atoms with Crippen molar-refractivity contribution in [2.45, 2.75) is 32.6 Å². The van der Waals surface area contributed by atoms with Crippen molar-refractivity contribution < 1.29 is 4.79 Å². The maximum atomic E-state index is 11.4. The molecule has 0 spiro atoms. The second-order valence-corrected chi connectivity index (χ2v) is 7.59. The number of piperidine rings is 1. The Hall–Kier alpha value is -3.28. The Labute approximate surface area is 170 Å². The minimum absolute atomic E-state index is 0.419. The Morgan fingerprint density at radius 3 is 2.48 bits per heavy atom. The lowest BCUT2D eigenvalue weighted by atomic mass is 9.92. The quantitative estimate of drug-likeness (QED) is 0.739. The SMILES string of the molecule is Cc1cc(N2CCC(c3ccc(-c4cccc(C(N)=O)c4)cn3)CC2)nc(C)n1. The number of anilines is 1. The number of primary amides is 1. The molecule has 2 N–H and O–H groups in total. The molecule has 3 aromatic rings. The molecule has 1 aliphatic heterocycles. The van der Waals surface area contributed by atoms with E-state index < -0.39 is 5.91 Å². The van der Waals surface area contributed by atoms with Crippen molar-refractivity contribution in [2.75, 3.05) is 18.0 Å². The fourth-order valence-electron chi connectivity index (χ4n) is 3.93. The van der Waals surface area contributed by atoms with Gasteiger partial charge in [-0.2, -0.15) is 0 Å². The molecule has 0 atom stereocenters. The van der Waals surface area contributed by atoms with Crippen molar-refractivity contribution in [3.8, 4) is 11.1 Å². The number of amides is 1. The first-order chi connectivity index (χ1) is 14.0. The van der Waals surface area contributed by atoms with Crippen LogP contribution in [0.1, 0.15) is 46.3 Å². The van der Waals surface area contributed by atoms with E-state index in [0.717, 1.165) is 60.1 Å². The molecular formula is C23H25N5O. The van der Waals surface area contributed by atoms with E-state index in [1.807, 2.05) is 38.2 Å². The monoisotopic (exact) mass is 387 g/mol. The topological polar surface area (TPSA) is 85.0 Å². The van der Waals surface area contributed by atoms with Crippen molar-refractivity contribution in [1.82, 2.24) is 15.0 Å². The minimum atomic E-state index is -0.419. The zero-order valence-electron chi connectivity index (χ0n) is 16.8. The summed E-state index contributed by atoms with van der Waals surface area (Å²) in [5.41, 5.74) is 9.96. The van der Waals surface area contributed by atoms with E-state index in [2.05, 4.69) is 33.1 Å². The maximum Gasteiger partial charge on any atom is 0.248 e. The van der Waals surface area contributed by atoms with Crippen molar-refractivity contribution in [3.05, 3.63) is 71.4 Å². The number of pyridine rings is 1. The Morgan fingerprint density at radius 1 is 1.03 bits per heavy atom. The molecule has 1 saturated heterocycles. The number of aryl methyl sites for hydroxylation is 2. The highest BCUT2D eigenvalue weighted by Crippen LogP contribution is 2.30. The van der Waals surface area contributed by atoms with E-state index in [4.69, 9.17) is 10.7 Å². The average molecular weight is 387 g/mol. The number of hydrogen-bond donors (Lipinski definition) is 1. The van der Waals surface area contributed by atoms with Crippen LogP contribution in [-0.2, 0) is 0 Å². The Kier molecular flexibility index (Phi) is 5.25. The van der Waals surface area contributed by atoms with E-state index in [9.17, 15) is 4.79 Å². The predicted molar refractivity (Wildman–Crippen MR) is 114 cm³/mol. The first-order valence-electron chi connectivity index (χ1n) is 9.93. The average Bonchev–Trinajstić information content (AvgIpc) is 2.73. The lowest BCUT2D eigenvalue weighted by molar-refractivity contribution is 0.100. The number of aromatic nitrogens is 3. The van der Waals surface area contributed by atoms with Crippen LogP contribution >= 0.6 is 0 Å². The number of hydrogen-bond acceptors (Lipinski definition) is 5. The molecule has 4 rings (SSSR count). The summed E-state index contributed by atoms with van der Waals surface area (Å²) in [5, 5.41) is 0. The lowest BCUT2D eigenvalue weighted by Crippen LogP contribution is -2.34. The highest BCUT2D eigenvalue weighted by atomic mass is 16.1. The first-order valence-corrected chi connectivity index (χ1v) is 9.93. The number of carbonyl (C=O) groups is 1. The van der Waals surface area contributed by atoms with Gasteiger partial charge in [0.05, 0.1) is 0 Å². The zero-order chi connectivity index (χ0) is 20.4. The van der Waals surface area contributed by atoms with Crippen LogP contribution in [0.15, 0.2) is 48.7 Å². The van der Waals surface area contributed by atoms with E-state index in [0.29, 0.717) is 11.5 Å². The maximum absolute atomic E-state index is 11.4. The molecule has 3 heterocycles. The van der Waals surface area contributed by atoms with Crippen LogP contribution in [0, 0.1) is 13.8 Å². The Morgan fingerprint density at radius 2 is 1.83 bits per heavy atom. The molecule has 6 heteroatoms. The number of rotatable bonds is 4. The molecule has 2 aromatic heterocycles. The van der Waals surface area contributed by atoms with Crippen LogP contribution in [0.25, 0.3) is 11.1 Å². The molecule has 0 radical (unpaired) electrons. The van der Waals surface area contributed by atoms with Crippen LogP contribution in [0.2, 0.25) is 0 Å². The smallest absolute Gasteiger partial charge is 0.248 e. The van der Waals surface area contributed by atoms with Crippen molar-refractivity contribution >= 4 is 11.7 Å². The van der Waals surface area contributed by atoms with Crippen LogP contribution < -0.4 is 10.6 Å². The van der Waals surface area contributed by atoms with Gasteiger partial charge in [-0.3, -0.25) is 9.78 Å².